The molecule has 0 aliphatic heterocycles. The summed E-state index contributed by atoms with van der Waals surface area (Å²) in [4.78, 5) is 36.7. The first-order chi connectivity index (χ1) is 26.6. The standard InChI is InChI=1S/C46H83NO8/c1-6-8-10-12-13-14-15-16-17-18-19-20-21-22-23-24-25-26-27-28-29-30-31-33-35-37-44(49)55-42(40-53-43(48)36-34-32-11-9-7-2)41-54-46(45(50)51)52-39-38-47(3,4)5/h15-16,18-19,21-22,42,46H,6-14,17,20,23-41H2,1-5H3/p+1/b16-15-,19-18-,22-21-. The van der Waals surface area contributed by atoms with E-state index in [0.717, 1.165) is 70.6 Å². The van der Waals surface area contributed by atoms with Gasteiger partial charge in [-0.1, -0.05) is 153 Å². The number of carboxylic acids is 1. The van der Waals surface area contributed by atoms with Gasteiger partial charge in [-0.15, -0.1) is 0 Å². The number of allylic oxidation sites excluding steroid dienone is 6. The van der Waals surface area contributed by atoms with E-state index in [0.29, 0.717) is 17.4 Å². The van der Waals surface area contributed by atoms with Gasteiger partial charge in [-0.2, -0.15) is 0 Å². The van der Waals surface area contributed by atoms with Crippen molar-refractivity contribution < 1.29 is 42.9 Å². The summed E-state index contributed by atoms with van der Waals surface area (Å²) in [5.74, 6) is -2.03. The van der Waals surface area contributed by atoms with Crippen LogP contribution in [0, 0.1) is 0 Å². The molecule has 0 fully saturated rings. The lowest BCUT2D eigenvalue weighted by molar-refractivity contribution is -0.870. The minimum atomic E-state index is -1.51. The lowest BCUT2D eigenvalue weighted by atomic mass is 10.0. The Balaban J connectivity index is 4.17. The second-order valence-corrected chi connectivity index (χ2v) is 16.0. The van der Waals surface area contributed by atoms with Gasteiger partial charge in [0.1, 0.15) is 13.2 Å². The Hall–Kier alpha value is -2.49. The predicted octanol–water partition coefficient (Wildman–Crippen LogP) is 11.4. The molecule has 0 heterocycles. The molecule has 0 bridgehead atoms. The van der Waals surface area contributed by atoms with Crippen molar-refractivity contribution in [3.05, 3.63) is 36.5 Å². The number of quaternary nitrogens is 1. The SMILES string of the molecule is CCCCCCC/C=C\C/C=C\C/C=C\CCCCCCCCCCCCC(=O)OC(COC(=O)CCCCCCC)COC(OCC[N+](C)(C)C)C(=O)O. The number of hydrogen-bond acceptors (Lipinski definition) is 7. The number of carboxylic acid groups (broad SMARTS) is 1. The fourth-order valence-electron chi connectivity index (χ4n) is 5.90. The molecular formula is C46H84NO8+. The van der Waals surface area contributed by atoms with Crippen molar-refractivity contribution in [2.75, 3.05) is 47.5 Å². The number of carbonyl (C=O) groups excluding carboxylic acids is 2. The van der Waals surface area contributed by atoms with E-state index >= 15 is 0 Å². The first kappa shape index (κ1) is 52.5. The van der Waals surface area contributed by atoms with Crippen LogP contribution in [-0.4, -0.2) is 87.4 Å². The van der Waals surface area contributed by atoms with Gasteiger partial charge in [0.25, 0.3) is 6.29 Å². The van der Waals surface area contributed by atoms with Crippen molar-refractivity contribution in [2.24, 2.45) is 0 Å². The van der Waals surface area contributed by atoms with E-state index in [4.69, 9.17) is 18.9 Å². The summed E-state index contributed by atoms with van der Waals surface area (Å²) in [5.41, 5.74) is 0. The van der Waals surface area contributed by atoms with Crippen LogP contribution in [0.5, 0.6) is 0 Å². The number of rotatable bonds is 40. The highest BCUT2D eigenvalue weighted by Gasteiger charge is 2.25. The van der Waals surface area contributed by atoms with Crippen LogP contribution in [0.2, 0.25) is 0 Å². The molecule has 0 aliphatic rings. The van der Waals surface area contributed by atoms with Crippen molar-refractivity contribution in [3.8, 4) is 0 Å². The summed E-state index contributed by atoms with van der Waals surface area (Å²) in [5, 5.41) is 9.57. The maximum absolute atomic E-state index is 12.7. The third kappa shape index (κ3) is 39.5. The molecule has 0 spiro atoms. The van der Waals surface area contributed by atoms with Crippen LogP contribution in [0.25, 0.3) is 0 Å². The fourth-order valence-corrected chi connectivity index (χ4v) is 5.90. The number of aliphatic carboxylic acids is 1. The second-order valence-electron chi connectivity index (χ2n) is 16.0. The normalized spacial score (nSPS) is 13.3. The maximum Gasteiger partial charge on any atom is 0.361 e. The van der Waals surface area contributed by atoms with Gasteiger partial charge in [-0.05, 0) is 51.4 Å². The van der Waals surface area contributed by atoms with Crippen LogP contribution >= 0.6 is 0 Å². The maximum atomic E-state index is 12.7. The molecule has 1 N–H and O–H groups in total. The van der Waals surface area contributed by atoms with Gasteiger partial charge < -0.3 is 28.5 Å². The van der Waals surface area contributed by atoms with Crippen molar-refractivity contribution in [1.82, 2.24) is 0 Å². The summed E-state index contributed by atoms with van der Waals surface area (Å²) in [6.45, 7) is 4.75. The number of carbonyl (C=O) groups is 3. The van der Waals surface area contributed by atoms with E-state index in [9.17, 15) is 19.5 Å². The lowest BCUT2D eigenvalue weighted by Crippen LogP contribution is -2.40. The zero-order chi connectivity index (χ0) is 40.7. The van der Waals surface area contributed by atoms with E-state index in [2.05, 4.69) is 50.3 Å². The number of nitrogens with zero attached hydrogens (tertiary/aromatic N) is 1. The van der Waals surface area contributed by atoms with Gasteiger partial charge in [0.05, 0.1) is 34.4 Å². The molecule has 0 amide bonds. The Bertz CT molecular complexity index is 1000. The van der Waals surface area contributed by atoms with E-state index in [-0.39, 0.29) is 32.2 Å². The van der Waals surface area contributed by atoms with Gasteiger partial charge >= 0.3 is 17.9 Å². The molecule has 0 rings (SSSR count). The van der Waals surface area contributed by atoms with Crippen molar-refractivity contribution in [3.63, 3.8) is 0 Å². The van der Waals surface area contributed by atoms with Crippen LogP contribution in [-0.2, 0) is 33.3 Å². The number of ether oxygens (including phenoxy) is 4. The van der Waals surface area contributed by atoms with Gasteiger partial charge in [0.2, 0.25) is 0 Å². The Labute approximate surface area is 337 Å². The molecule has 9 heteroatoms. The monoisotopic (exact) mass is 779 g/mol. The molecule has 0 aromatic rings. The smallest absolute Gasteiger partial charge is 0.361 e. The first-order valence-corrected chi connectivity index (χ1v) is 22.2. The topological polar surface area (TPSA) is 108 Å². The summed E-state index contributed by atoms with van der Waals surface area (Å²) in [6.07, 6.45) is 39.7. The highest BCUT2D eigenvalue weighted by atomic mass is 16.7. The molecule has 0 aromatic carbocycles. The van der Waals surface area contributed by atoms with E-state index in [1.54, 1.807) is 0 Å². The van der Waals surface area contributed by atoms with Gasteiger partial charge in [0.15, 0.2) is 6.10 Å². The third-order valence-electron chi connectivity index (χ3n) is 9.40. The van der Waals surface area contributed by atoms with E-state index in [1.165, 1.54) is 83.5 Å². The number of hydrogen-bond donors (Lipinski definition) is 1. The highest BCUT2D eigenvalue weighted by Crippen LogP contribution is 2.14. The minimum absolute atomic E-state index is 0.184. The average molecular weight is 779 g/mol. The molecule has 0 aromatic heterocycles. The molecule has 9 nitrogen and oxygen atoms in total. The Morgan fingerprint density at radius 3 is 1.45 bits per heavy atom. The van der Waals surface area contributed by atoms with Crippen LogP contribution in [0.4, 0.5) is 0 Å². The average Bonchev–Trinajstić information content (AvgIpc) is 3.14. The summed E-state index contributed by atoms with van der Waals surface area (Å²) in [6, 6.07) is 0. The zero-order valence-corrected chi connectivity index (χ0v) is 36.1. The molecular weight excluding hydrogens is 695 g/mol. The quantitative estimate of drug-likeness (QED) is 0.0215. The molecule has 0 saturated carbocycles. The van der Waals surface area contributed by atoms with Gasteiger partial charge in [-0.25, -0.2) is 4.79 Å². The predicted molar refractivity (Wildman–Crippen MR) is 226 cm³/mol. The van der Waals surface area contributed by atoms with Crippen LogP contribution < -0.4 is 0 Å². The van der Waals surface area contributed by atoms with Crippen molar-refractivity contribution in [1.29, 1.82) is 0 Å². The molecule has 0 radical (unpaired) electrons. The summed E-state index contributed by atoms with van der Waals surface area (Å²) < 4.78 is 22.5. The largest absolute Gasteiger partial charge is 0.477 e. The summed E-state index contributed by atoms with van der Waals surface area (Å²) in [7, 11) is 5.94. The van der Waals surface area contributed by atoms with E-state index in [1.807, 2.05) is 21.1 Å². The Morgan fingerprint density at radius 1 is 0.545 bits per heavy atom. The molecule has 320 valence electrons. The number of esters is 2. The second kappa shape index (κ2) is 38.4. The van der Waals surface area contributed by atoms with E-state index < -0.39 is 24.3 Å². The number of unbranched alkanes of at least 4 members (excludes halogenated alkanes) is 19. The first-order valence-electron chi connectivity index (χ1n) is 22.2. The van der Waals surface area contributed by atoms with Gasteiger partial charge in [0, 0.05) is 12.8 Å². The van der Waals surface area contributed by atoms with Crippen molar-refractivity contribution >= 4 is 17.9 Å². The molecule has 2 unspecified atom stereocenters. The van der Waals surface area contributed by atoms with Crippen LogP contribution in [0.3, 0.4) is 0 Å². The summed E-state index contributed by atoms with van der Waals surface area (Å²) >= 11 is 0. The molecule has 55 heavy (non-hydrogen) atoms. The lowest BCUT2D eigenvalue weighted by Gasteiger charge is -2.25. The minimum Gasteiger partial charge on any atom is -0.477 e. The van der Waals surface area contributed by atoms with Crippen molar-refractivity contribution in [2.45, 2.75) is 193 Å². The molecule has 0 aliphatic carbocycles. The third-order valence-corrected chi connectivity index (χ3v) is 9.40. The fraction of sp³-hybridized carbons (Fsp3) is 0.804. The van der Waals surface area contributed by atoms with Gasteiger partial charge in [-0.3, -0.25) is 9.59 Å². The number of likely N-dealkylation sites (N-methyl/N-ethyl adjacent to an activating group) is 1. The molecule has 0 saturated heterocycles. The van der Waals surface area contributed by atoms with Crippen LogP contribution in [0.15, 0.2) is 36.5 Å². The van der Waals surface area contributed by atoms with Crippen LogP contribution in [0.1, 0.15) is 181 Å². The molecule has 2 atom stereocenters. The Morgan fingerprint density at radius 2 is 0.982 bits per heavy atom. The highest BCUT2D eigenvalue weighted by molar-refractivity contribution is 5.71. The zero-order valence-electron chi connectivity index (χ0n) is 36.1. The Kier molecular flexibility index (Phi) is 36.6.